The number of carboxylic acids is 1. The summed E-state index contributed by atoms with van der Waals surface area (Å²) >= 11 is 1.69. The first-order valence-electron chi connectivity index (χ1n) is 10.2. The lowest BCUT2D eigenvalue weighted by molar-refractivity contribution is -0.135. The predicted molar refractivity (Wildman–Crippen MR) is 124 cm³/mol. The van der Waals surface area contributed by atoms with Gasteiger partial charge in [-0.2, -0.15) is 0 Å². The molecule has 158 valence electrons. The molecule has 29 heavy (non-hydrogen) atoms. The van der Waals surface area contributed by atoms with Gasteiger partial charge in [0.1, 0.15) is 5.01 Å². The number of rotatable bonds is 10. The van der Waals surface area contributed by atoms with Crippen molar-refractivity contribution in [1.29, 1.82) is 0 Å². The first-order valence-corrected chi connectivity index (χ1v) is 14.0. The molecule has 0 aliphatic heterocycles. The normalized spacial score (nSPS) is 12.8. The number of aryl methyl sites for hydroxylation is 1. The van der Waals surface area contributed by atoms with Crippen molar-refractivity contribution < 1.29 is 14.3 Å². The molecule has 4 nitrogen and oxygen atoms in total. The lowest BCUT2D eigenvalue weighted by atomic mass is 10.1. The van der Waals surface area contributed by atoms with Crippen LogP contribution in [0.15, 0.2) is 47.5 Å². The van der Waals surface area contributed by atoms with E-state index in [9.17, 15) is 9.90 Å². The van der Waals surface area contributed by atoms with Gasteiger partial charge in [0.05, 0.1) is 5.69 Å². The van der Waals surface area contributed by atoms with Crippen LogP contribution in [0, 0.1) is 0 Å². The molecule has 2 aromatic rings. The maximum absolute atomic E-state index is 11.6. The van der Waals surface area contributed by atoms with Crippen LogP contribution in [-0.2, 0) is 15.6 Å². The number of hydrogen-bond acceptors (Lipinski definition) is 4. The third-order valence-corrected chi connectivity index (χ3v) is 10.7. The van der Waals surface area contributed by atoms with Crippen LogP contribution in [0.1, 0.15) is 52.1 Å². The van der Waals surface area contributed by atoms with Crippen molar-refractivity contribution >= 4 is 25.6 Å². The summed E-state index contributed by atoms with van der Waals surface area (Å²) in [4.78, 5) is 16.3. The number of hydrogen-bond donors (Lipinski definition) is 1. The van der Waals surface area contributed by atoms with Gasteiger partial charge in [0.15, 0.2) is 5.76 Å². The number of nitrogens with zero attached hydrogens (tertiary/aromatic N) is 1. The average molecular weight is 432 g/mol. The molecule has 0 aliphatic rings. The Hall–Kier alpha value is -1.92. The Bertz CT molecular complexity index is 822. The highest BCUT2D eigenvalue weighted by Gasteiger charge is 2.40. The number of aromatic nitrogens is 1. The van der Waals surface area contributed by atoms with Crippen molar-refractivity contribution in [1.82, 2.24) is 4.98 Å². The summed E-state index contributed by atoms with van der Waals surface area (Å²) in [5, 5.41) is 12.7. The molecule has 0 fully saturated rings. The van der Waals surface area contributed by atoms with Crippen LogP contribution in [0.25, 0.3) is 10.6 Å². The molecule has 0 unspecified atom stereocenters. The zero-order valence-corrected chi connectivity index (χ0v) is 20.0. The minimum atomic E-state index is -2.13. The molecule has 1 aromatic heterocycles. The van der Waals surface area contributed by atoms with Crippen molar-refractivity contribution in [2.75, 3.05) is 0 Å². The van der Waals surface area contributed by atoms with Gasteiger partial charge in [-0.25, -0.2) is 9.78 Å². The first-order chi connectivity index (χ1) is 13.6. The Morgan fingerprint density at radius 1 is 1.17 bits per heavy atom. The highest BCUT2D eigenvalue weighted by Crippen LogP contribution is 2.38. The van der Waals surface area contributed by atoms with Gasteiger partial charge in [-0.15, -0.1) is 11.3 Å². The predicted octanol–water partition coefficient (Wildman–Crippen LogP) is 6.90. The summed E-state index contributed by atoms with van der Waals surface area (Å²) in [7, 11) is -2.13. The zero-order chi connectivity index (χ0) is 21.5. The van der Waals surface area contributed by atoms with Gasteiger partial charge < -0.3 is 9.53 Å². The van der Waals surface area contributed by atoms with E-state index in [1.165, 1.54) is 0 Å². The second-order valence-corrected chi connectivity index (χ2v) is 14.4. The highest BCUT2D eigenvalue weighted by atomic mass is 32.1. The second kappa shape index (κ2) is 10.2. The number of carboxylic acid groups (broad SMARTS) is 1. The standard InChI is InChI=1S/C23H33NO3SSi/c1-23(2,3)29(4,5)27-20(22(25)26)16-12-7-6-11-15-19-17-28-21(24-19)18-13-9-8-10-14-18/h8-10,13-14,16-17H,6-7,11-12,15H2,1-5H3,(H,25,26). The monoisotopic (exact) mass is 431 g/mol. The van der Waals surface area contributed by atoms with Crippen LogP contribution in [0.5, 0.6) is 0 Å². The summed E-state index contributed by atoms with van der Waals surface area (Å²) in [6, 6.07) is 10.2. The Kier molecular flexibility index (Phi) is 8.22. The molecular formula is C23H33NO3SSi. The van der Waals surface area contributed by atoms with Gasteiger partial charge in [-0.05, 0) is 49.9 Å². The molecule has 1 N–H and O–H groups in total. The van der Waals surface area contributed by atoms with Crippen LogP contribution >= 0.6 is 11.3 Å². The topological polar surface area (TPSA) is 59.4 Å². The molecule has 1 heterocycles. The van der Waals surface area contributed by atoms with Gasteiger partial charge in [0.25, 0.3) is 8.32 Å². The molecule has 0 bridgehead atoms. The van der Waals surface area contributed by atoms with Crippen LogP contribution in [-0.4, -0.2) is 24.4 Å². The zero-order valence-electron chi connectivity index (χ0n) is 18.2. The Morgan fingerprint density at radius 2 is 1.86 bits per heavy atom. The molecule has 0 aliphatic carbocycles. The summed E-state index contributed by atoms with van der Waals surface area (Å²) in [6.07, 6.45) is 6.48. The number of unbranched alkanes of at least 4 members (excludes halogenated alkanes) is 3. The molecule has 6 heteroatoms. The van der Waals surface area contributed by atoms with E-state index < -0.39 is 14.3 Å². The Balaban J connectivity index is 1.78. The van der Waals surface area contributed by atoms with E-state index in [2.05, 4.69) is 51.4 Å². The van der Waals surface area contributed by atoms with Crippen LogP contribution < -0.4 is 0 Å². The third kappa shape index (κ3) is 7.12. The summed E-state index contributed by atoms with van der Waals surface area (Å²) < 4.78 is 5.98. The summed E-state index contributed by atoms with van der Waals surface area (Å²) in [6.45, 7) is 10.5. The number of benzene rings is 1. The van der Waals surface area contributed by atoms with Crippen LogP contribution in [0.3, 0.4) is 0 Å². The van der Waals surface area contributed by atoms with E-state index in [-0.39, 0.29) is 10.8 Å². The van der Waals surface area contributed by atoms with E-state index in [1.54, 1.807) is 17.4 Å². The molecule has 0 amide bonds. The maximum Gasteiger partial charge on any atom is 0.369 e. The van der Waals surface area contributed by atoms with E-state index in [0.29, 0.717) is 0 Å². The van der Waals surface area contributed by atoms with Gasteiger partial charge in [-0.1, -0.05) is 57.5 Å². The van der Waals surface area contributed by atoms with Crippen molar-refractivity contribution in [3.05, 3.63) is 53.2 Å². The van der Waals surface area contributed by atoms with Crippen LogP contribution in [0.4, 0.5) is 0 Å². The van der Waals surface area contributed by atoms with Gasteiger partial charge in [0, 0.05) is 10.9 Å². The van der Waals surface area contributed by atoms with E-state index in [4.69, 9.17) is 9.41 Å². The van der Waals surface area contributed by atoms with Crippen molar-refractivity contribution in [3.63, 3.8) is 0 Å². The lowest BCUT2D eigenvalue weighted by Crippen LogP contribution is -2.41. The highest BCUT2D eigenvalue weighted by molar-refractivity contribution is 7.13. The largest absolute Gasteiger partial charge is 0.539 e. The SMILES string of the molecule is CC(C)(C)[Si](C)(C)OC(=CCCCCCc1csc(-c2ccccc2)n1)C(=O)O. The maximum atomic E-state index is 11.6. The van der Waals surface area contributed by atoms with Crippen molar-refractivity contribution in [2.24, 2.45) is 0 Å². The Labute approximate surface area is 179 Å². The third-order valence-electron chi connectivity index (χ3n) is 5.42. The van der Waals surface area contributed by atoms with E-state index in [1.807, 2.05) is 18.2 Å². The minimum absolute atomic E-state index is 0.0202. The molecule has 1 aromatic carbocycles. The number of thiazole rings is 1. The quantitative estimate of drug-likeness (QED) is 0.192. The summed E-state index contributed by atoms with van der Waals surface area (Å²) in [5.74, 6) is -0.852. The smallest absolute Gasteiger partial charge is 0.369 e. The lowest BCUT2D eigenvalue weighted by Gasteiger charge is -2.36. The van der Waals surface area contributed by atoms with Gasteiger partial charge in [0.2, 0.25) is 0 Å². The molecule has 0 spiro atoms. The van der Waals surface area contributed by atoms with Crippen molar-refractivity contribution in [3.8, 4) is 10.6 Å². The summed E-state index contributed by atoms with van der Waals surface area (Å²) in [5.41, 5.74) is 2.30. The second-order valence-electron chi connectivity index (χ2n) is 8.85. The van der Waals surface area contributed by atoms with E-state index in [0.717, 1.165) is 48.4 Å². The molecular weight excluding hydrogens is 398 g/mol. The average Bonchev–Trinajstić information content (AvgIpc) is 3.12. The number of allylic oxidation sites excluding steroid dienone is 1. The molecule has 2 rings (SSSR count). The Morgan fingerprint density at radius 3 is 2.48 bits per heavy atom. The number of aliphatic carboxylic acids is 1. The minimum Gasteiger partial charge on any atom is -0.539 e. The van der Waals surface area contributed by atoms with E-state index >= 15 is 0 Å². The first kappa shape index (κ1) is 23.4. The molecule has 0 atom stereocenters. The molecule has 0 radical (unpaired) electrons. The fourth-order valence-electron chi connectivity index (χ4n) is 2.60. The molecule has 0 saturated carbocycles. The van der Waals surface area contributed by atoms with Gasteiger partial charge >= 0.3 is 5.97 Å². The fraction of sp³-hybridized carbons (Fsp3) is 0.478. The van der Waals surface area contributed by atoms with Crippen molar-refractivity contribution in [2.45, 2.75) is 71.0 Å². The molecule has 0 saturated heterocycles. The number of carbonyl (C=O) groups is 1. The van der Waals surface area contributed by atoms with Crippen LogP contribution in [0.2, 0.25) is 18.1 Å². The van der Waals surface area contributed by atoms with Gasteiger partial charge in [-0.3, -0.25) is 0 Å². The fourth-order valence-corrected chi connectivity index (χ4v) is 4.48.